The second-order valence-electron chi connectivity index (χ2n) is 7.35. The summed E-state index contributed by atoms with van der Waals surface area (Å²) in [7, 11) is 1.57. The van der Waals surface area contributed by atoms with Crippen LogP contribution in [0.5, 0.6) is 5.75 Å². The molecule has 168 valence electrons. The fourth-order valence-corrected chi connectivity index (χ4v) is 4.18. The largest absolute Gasteiger partial charge is 0.495 e. The lowest BCUT2D eigenvalue weighted by Crippen LogP contribution is -2.29. The first-order valence-corrected chi connectivity index (χ1v) is 11.5. The van der Waals surface area contributed by atoms with Crippen LogP contribution < -0.4 is 15.4 Å². The molecular weight excluding hydrogens is 434 g/mol. The van der Waals surface area contributed by atoms with Gasteiger partial charge in [-0.15, -0.1) is 10.2 Å². The summed E-state index contributed by atoms with van der Waals surface area (Å²) in [6.07, 6.45) is 0. The lowest BCUT2D eigenvalue weighted by Gasteiger charge is -2.13. The Morgan fingerprint density at radius 3 is 2.45 bits per heavy atom. The van der Waals surface area contributed by atoms with Gasteiger partial charge in [0.25, 0.3) is 0 Å². The van der Waals surface area contributed by atoms with Gasteiger partial charge in [-0.3, -0.25) is 4.57 Å². The zero-order valence-corrected chi connectivity index (χ0v) is 19.3. The van der Waals surface area contributed by atoms with Crippen molar-refractivity contribution in [1.29, 1.82) is 0 Å². The maximum absolute atomic E-state index is 12.5. The van der Waals surface area contributed by atoms with Crippen molar-refractivity contribution < 1.29 is 9.53 Å². The van der Waals surface area contributed by atoms with Crippen molar-refractivity contribution in [1.82, 2.24) is 20.1 Å². The minimum Gasteiger partial charge on any atom is -0.495 e. The summed E-state index contributed by atoms with van der Waals surface area (Å²) in [4.78, 5) is 12.5. The van der Waals surface area contributed by atoms with Crippen LogP contribution in [0.4, 0.5) is 10.5 Å². The van der Waals surface area contributed by atoms with E-state index in [1.165, 1.54) is 11.1 Å². The van der Waals surface area contributed by atoms with E-state index in [2.05, 4.69) is 33.0 Å². The maximum atomic E-state index is 12.5. The molecule has 2 amide bonds. The van der Waals surface area contributed by atoms with E-state index in [1.807, 2.05) is 66.1 Å². The van der Waals surface area contributed by atoms with E-state index in [-0.39, 0.29) is 12.6 Å². The van der Waals surface area contributed by atoms with Crippen molar-refractivity contribution in [2.45, 2.75) is 24.4 Å². The predicted octanol–water partition coefficient (Wildman–Crippen LogP) is 5.20. The molecule has 4 aromatic rings. The molecule has 0 aliphatic heterocycles. The van der Waals surface area contributed by atoms with E-state index in [0.29, 0.717) is 17.3 Å². The van der Waals surface area contributed by atoms with Crippen LogP contribution in [0.2, 0.25) is 0 Å². The van der Waals surface area contributed by atoms with Gasteiger partial charge < -0.3 is 15.4 Å². The third-order valence-corrected chi connectivity index (χ3v) is 5.97. The molecule has 0 saturated carbocycles. The number of anilines is 1. The Hall–Kier alpha value is -3.78. The molecule has 0 atom stereocenters. The standard InChI is InChI=1S/C25H25N5O2S/c1-18-12-14-20(15-13-18)30-23(28-29-25(30)33-17-19-8-4-3-5-9-19)16-26-24(31)27-21-10-6-7-11-22(21)32-2/h3-15H,16-17H2,1-2H3,(H2,26,27,31). The number of hydrogen-bond donors (Lipinski definition) is 2. The number of hydrogen-bond acceptors (Lipinski definition) is 5. The summed E-state index contributed by atoms with van der Waals surface area (Å²) in [6, 6.07) is 25.3. The third kappa shape index (κ3) is 5.72. The number of thioether (sulfide) groups is 1. The van der Waals surface area contributed by atoms with Crippen LogP contribution in [-0.2, 0) is 12.3 Å². The molecular formula is C25H25N5O2S. The molecule has 0 unspecified atom stereocenters. The van der Waals surface area contributed by atoms with Crippen LogP contribution in [0, 0.1) is 6.92 Å². The number of para-hydroxylation sites is 2. The van der Waals surface area contributed by atoms with Crippen molar-refractivity contribution in [3.05, 3.63) is 95.8 Å². The Balaban J connectivity index is 1.51. The van der Waals surface area contributed by atoms with E-state index in [0.717, 1.165) is 16.6 Å². The van der Waals surface area contributed by atoms with Gasteiger partial charge in [-0.2, -0.15) is 0 Å². The molecule has 1 aromatic heterocycles. The topological polar surface area (TPSA) is 81.1 Å². The number of aromatic nitrogens is 3. The fraction of sp³-hybridized carbons (Fsp3) is 0.160. The van der Waals surface area contributed by atoms with Gasteiger partial charge in [-0.05, 0) is 36.8 Å². The van der Waals surface area contributed by atoms with Gasteiger partial charge in [-0.25, -0.2) is 4.79 Å². The summed E-state index contributed by atoms with van der Waals surface area (Å²) in [5.74, 6) is 2.01. The van der Waals surface area contributed by atoms with Crippen LogP contribution in [-0.4, -0.2) is 27.9 Å². The van der Waals surface area contributed by atoms with Gasteiger partial charge in [-0.1, -0.05) is 71.9 Å². The molecule has 0 spiro atoms. The number of ether oxygens (including phenoxy) is 1. The zero-order valence-electron chi connectivity index (χ0n) is 18.5. The fourth-order valence-electron chi connectivity index (χ4n) is 3.26. The average Bonchev–Trinajstić information content (AvgIpc) is 3.25. The number of urea groups is 1. The number of nitrogens with zero attached hydrogens (tertiary/aromatic N) is 3. The van der Waals surface area contributed by atoms with Crippen molar-refractivity contribution >= 4 is 23.5 Å². The number of amides is 2. The molecule has 0 aliphatic carbocycles. The second kappa shape index (κ2) is 10.7. The van der Waals surface area contributed by atoms with Crippen LogP contribution in [0.3, 0.4) is 0 Å². The molecule has 4 rings (SSSR count). The number of methoxy groups -OCH3 is 1. The lowest BCUT2D eigenvalue weighted by molar-refractivity contribution is 0.251. The summed E-state index contributed by atoms with van der Waals surface area (Å²) < 4.78 is 7.27. The highest BCUT2D eigenvalue weighted by atomic mass is 32.2. The minimum absolute atomic E-state index is 0.216. The van der Waals surface area contributed by atoms with Gasteiger partial charge in [0.05, 0.1) is 19.3 Å². The lowest BCUT2D eigenvalue weighted by atomic mass is 10.2. The zero-order chi connectivity index (χ0) is 23.0. The molecule has 1 heterocycles. The number of carbonyl (C=O) groups excluding carboxylic acids is 1. The van der Waals surface area contributed by atoms with Crippen molar-refractivity contribution in [2.24, 2.45) is 0 Å². The Kier molecular flexibility index (Phi) is 7.26. The van der Waals surface area contributed by atoms with Gasteiger partial charge >= 0.3 is 6.03 Å². The van der Waals surface area contributed by atoms with Crippen LogP contribution in [0.1, 0.15) is 17.0 Å². The van der Waals surface area contributed by atoms with Crippen LogP contribution in [0.15, 0.2) is 84.0 Å². The summed E-state index contributed by atoms with van der Waals surface area (Å²) in [6.45, 7) is 2.26. The smallest absolute Gasteiger partial charge is 0.319 e. The average molecular weight is 460 g/mol. The van der Waals surface area contributed by atoms with Gasteiger partial charge in [0, 0.05) is 11.4 Å². The maximum Gasteiger partial charge on any atom is 0.319 e. The van der Waals surface area contributed by atoms with Crippen molar-refractivity contribution in [3.8, 4) is 11.4 Å². The molecule has 0 bridgehead atoms. The molecule has 0 fully saturated rings. The highest BCUT2D eigenvalue weighted by Crippen LogP contribution is 2.26. The van der Waals surface area contributed by atoms with Crippen molar-refractivity contribution in [2.75, 3.05) is 12.4 Å². The Bertz CT molecular complexity index is 1210. The Morgan fingerprint density at radius 2 is 1.70 bits per heavy atom. The highest BCUT2D eigenvalue weighted by molar-refractivity contribution is 7.98. The number of rotatable bonds is 8. The molecule has 2 N–H and O–H groups in total. The number of carbonyl (C=O) groups is 1. The summed E-state index contributed by atoms with van der Waals surface area (Å²) >= 11 is 1.61. The predicted molar refractivity (Wildman–Crippen MR) is 131 cm³/mol. The van der Waals surface area contributed by atoms with E-state index in [1.54, 1.807) is 31.0 Å². The second-order valence-corrected chi connectivity index (χ2v) is 8.29. The molecule has 0 radical (unpaired) electrons. The normalized spacial score (nSPS) is 10.6. The number of aryl methyl sites for hydroxylation is 1. The molecule has 33 heavy (non-hydrogen) atoms. The third-order valence-electron chi connectivity index (χ3n) is 4.97. The van der Waals surface area contributed by atoms with Crippen LogP contribution in [0.25, 0.3) is 5.69 Å². The molecule has 0 saturated heterocycles. The monoisotopic (exact) mass is 459 g/mol. The first-order valence-electron chi connectivity index (χ1n) is 10.5. The van der Waals surface area contributed by atoms with Gasteiger partial charge in [0.2, 0.25) is 0 Å². The minimum atomic E-state index is -0.351. The van der Waals surface area contributed by atoms with Crippen molar-refractivity contribution in [3.63, 3.8) is 0 Å². The SMILES string of the molecule is COc1ccccc1NC(=O)NCc1nnc(SCc2ccccc2)n1-c1ccc(C)cc1. The molecule has 7 nitrogen and oxygen atoms in total. The van der Waals surface area contributed by atoms with E-state index < -0.39 is 0 Å². The van der Waals surface area contributed by atoms with Gasteiger partial charge in [0.1, 0.15) is 5.75 Å². The molecule has 3 aromatic carbocycles. The first kappa shape index (κ1) is 22.4. The summed E-state index contributed by atoms with van der Waals surface area (Å²) in [5.41, 5.74) is 3.91. The molecule has 0 aliphatic rings. The summed E-state index contributed by atoms with van der Waals surface area (Å²) in [5, 5.41) is 15.2. The van der Waals surface area contributed by atoms with E-state index in [9.17, 15) is 4.79 Å². The van der Waals surface area contributed by atoms with E-state index >= 15 is 0 Å². The Labute approximate surface area is 197 Å². The van der Waals surface area contributed by atoms with E-state index in [4.69, 9.17) is 4.74 Å². The first-order chi connectivity index (χ1) is 16.1. The number of benzene rings is 3. The quantitative estimate of drug-likeness (QED) is 0.354. The highest BCUT2D eigenvalue weighted by Gasteiger charge is 2.16. The number of nitrogens with one attached hydrogen (secondary N) is 2. The van der Waals surface area contributed by atoms with Crippen LogP contribution >= 0.6 is 11.8 Å². The van der Waals surface area contributed by atoms with Gasteiger partial charge in [0.15, 0.2) is 11.0 Å². The molecule has 8 heteroatoms. The Morgan fingerprint density at radius 1 is 0.970 bits per heavy atom.